The van der Waals surface area contributed by atoms with E-state index in [1.54, 1.807) is 7.11 Å². The van der Waals surface area contributed by atoms with Crippen LogP contribution in [0.3, 0.4) is 0 Å². The predicted octanol–water partition coefficient (Wildman–Crippen LogP) is 2.56. The molecule has 26 heavy (non-hydrogen) atoms. The molecule has 2 atom stereocenters. The number of likely N-dealkylation sites (tertiary alicyclic amines) is 1. The minimum atomic E-state index is 0. The summed E-state index contributed by atoms with van der Waals surface area (Å²) in [7, 11) is 3.45. The number of halogens is 1. The number of nitrogens with one attached hydrogen (secondary N) is 1. The van der Waals surface area contributed by atoms with Crippen LogP contribution in [0.25, 0.3) is 0 Å². The third-order valence-corrected chi connectivity index (χ3v) is 4.80. The first-order valence-electron chi connectivity index (χ1n) is 8.63. The minimum absolute atomic E-state index is 0. The summed E-state index contributed by atoms with van der Waals surface area (Å²) in [4.78, 5) is 15.2. The molecule has 7 nitrogen and oxygen atoms in total. The highest BCUT2D eigenvalue weighted by Gasteiger charge is 2.28. The Bertz CT molecular complexity index is 688. The van der Waals surface area contributed by atoms with Crippen LogP contribution in [0.4, 0.5) is 0 Å². The molecule has 0 radical (unpaired) electrons. The lowest BCUT2D eigenvalue weighted by atomic mass is 9.93. The van der Waals surface area contributed by atoms with Crippen molar-refractivity contribution >= 4 is 29.9 Å². The van der Waals surface area contributed by atoms with Gasteiger partial charge in [-0.2, -0.15) is 0 Å². The third kappa shape index (κ3) is 4.87. The minimum Gasteiger partial charge on any atom is -0.481 e. The highest BCUT2D eigenvalue weighted by Crippen LogP contribution is 2.27. The highest BCUT2D eigenvalue weighted by molar-refractivity contribution is 14.0. The molecule has 1 aliphatic rings. The summed E-state index contributed by atoms with van der Waals surface area (Å²) in [6.45, 7) is 4.93. The van der Waals surface area contributed by atoms with Crippen LogP contribution in [-0.4, -0.2) is 52.6 Å². The summed E-state index contributed by atoms with van der Waals surface area (Å²) in [5, 5.41) is 3.44. The number of nitrogens with zero attached hydrogens (tertiary/aromatic N) is 5. The Morgan fingerprint density at radius 1 is 1.42 bits per heavy atom. The molecule has 142 valence electrons. The molecule has 8 heteroatoms. The van der Waals surface area contributed by atoms with Crippen molar-refractivity contribution in [1.29, 1.82) is 0 Å². The van der Waals surface area contributed by atoms with Crippen molar-refractivity contribution in [2.45, 2.75) is 25.9 Å². The topological polar surface area (TPSA) is 67.6 Å². The largest absolute Gasteiger partial charge is 0.481 e. The molecule has 0 amide bonds. The van der Waals surface area contributed by atoms with Gasteiger partial charge in [-0.25, -0.2) is 9.97 Å². The lowest BCUT2D eigenvalue weighted by molar-refractivity contribution is 0.189. The predicted molar refractivity (Wildman–Crippen MR) is 113 cm³/mol. The number of aromatic nitrogens is 3. The summed E-state index contributed by atoms with van der Waals surface area (Å²) in [5.74, 6) is 2.17. The molecule has 0 saturated carbocycles. The van der Waals surface area contributed by atoms with Gasteiger partial charge in [0, 0.05) is 51.3 Å². The van der Waals surface area contributed by atoms with Gasteiger partial charge in [-0.3, -0.25) is 4.99 Å². The Morgan fingerprint density at radius 2 is 2.27 bits per heavy atom. The van der Waals surface area contributed by atoms with E-state index in [0.29, 0.717) is 24.4 Å². The molecule has 1 saturated heterocycles. The maximum absolute atomic E-state index is 5.10. The lowest BCUT2D eigenvalue weighted by Crippen LogP contribution is -2.48. The third-order valence-electron chi connectivity index (χ3n) is 4.80. The van der Waals surface area contributed by atoms with Crippen LogP contribution in [0, 0.1) is 5.92 Å². The second-order valence-electron chi connectivity index (χ2n) is 6.40. The number of hydrogen-bond donors (Lipinski definition) is 1. The van der Waals surface area contributed by atoms with Crippen LogP contribution >= 0.6 is 24.0 Å². The second-order valence-corrected chi connectivity index (χ2v) is 6.40. The van der Waals surface area contributed by atoms with Gasteiger partial charge in [-0.15, -0.1) is 24.0 Å². The van der Waals surface area contributed by atoms with Crippen LogP contribution in [0.2, 0.25) is 0 Å². The second kappa shape index (κ2) is 9.75. The molecule has 0 spiro atoms. The fourth-order valence-electron chi connectivity index (χ4n) is 3.24. The van der Waals surface area contributed by atoms with E-state index in [0.717, 1.165) is 31.0 Å². The van der Waals surface area contributed by atoms with E-state index in [1.807, 2.05) is 44.1 Å². The monoisotopic (exact) mass is 470 g/mol. The van der Waals surface area contributed by atoms with Crippen LogP contribution in [0.15, 0.2) is 42.0 Å². The van der Waals surface area contributed by atoms with Gasteiger partial charge in [0.1, 0.15) is 0 Å². The van der Waals surface area contributed by atoms with Crippen LogP contribution < -0.4 is 10.1 Å². The van der Waals surface area contributed by atoms with Gasteiger partial charge in [-0.1, -0.05) is 13.0 Å². The first kappa shape index (κ1) is 20.5. The van der Waals surface area contributed by atoms with Gasteiger partial charge in [0.05, 0.1) is 19.5 Å². The van der Waals surface area contributed by atoms with Crippen molar-refractivity contribution in [1.82, 2.24) is 24.8 Å². The summed E-state index contributed by atoms with van der Waals surface area (Å²) in [6, 6.07) is 4.30. The fraction of sp³-hybridized carbons (Fsp3) is 0.500. The normalized spacial score (nSPS) is 20.4. The first-order valence-corrected chi connectivity index (χ1v) is 8.63. The molecule has 3 rings (SSSR count). The lowest BCUT2D eigenvalue weighted by Gasteiger charge is -2.39. The molecule has 0 aliphatic carbocycles. The van der Waals surface area contributed by atoms with E-state index < -0.39 is 0 Å². The molecule has 0 bridgehead atoms. The number of rotatable bonds is 4. The zero-order valence-corrected chi connectivity index (χ0v) is 17.8. The quantitative estimate of drug-likeness (QED) is 0.423. The van der Waals surface area contributed by atoms with Crippen molar-refractivity contribution in [2.24, 2.45) is 10.9 Å². The van der Waals surface area contributed by atoms with E-state index in [4.69, 9.17) is 4.74 Å². The molecule has 0 aromatic carbocycles. The number of aliphatic imine (C=N–C) groups is 1. The summed E-state index contributed by atoms with van der Waals surface area (Å²) in [5.41, 5.74) is 1.10. The number of imidazole rings is 1. The van der Waals surface area contributed by atoms with Gasteiger partial charge in [-0.05, 0) is 17.9 Å². The number of pyridine rings is 1. The summed E-state index contributed by atoms with van der Waals surface area (Å²) >= 11 is 0. The van der Waals surface area contributed by atoms with Crippen molar-refractivity contribution in [2.75, 3.05) is 27.2 Å². The van der Waals surface area contributed by atoms with Crippen LogP contribution in [-0.2, 0) is 6.54 Å². The summed E-state index contributed by atoms with van der Waals surface area (Å²) < 4.78 is 7.30. The zero-order chi connectivity index (χ0) is 17.6. The number of piperidine rings is 1. The number of hydrogen-bond acceptors (Lipinski definition) is 4. The summed E-state index contributed by atoms with van der Waals surface area (Å²) in [6.07, 6.45) is 8.75. The molecule has 1 N–H and O–H groups in total. The molecular weight excluding hydrogens is 443 g/mol. The Kier molecular flexibility index (Phi) is 7.67. The van der Waals surface area contributed by atoms with E-state index >= 15 is 0 Å². The maximum atomic E-state index is 5.10. The van der Waals surface area contributed by atoms with Crippen molar-refractivity contribution in [3.8, 4) is 5.88 Å². The van der Waals surface area contributed by atoms with Gasteiger partial charge in [0.2, 0.25) is 5.88 Å². The van der Waals surface area contributed by atoms with E-state index in [9.17, 15) is 0 Å². The Labute approximate surface area is 171 Å². The van der Waals surface area contributed by atoms with Gasteiger partial charge in [0.25, 0.3) is 0 Å². The molecule has 2 aromatic rings. The van der Waals surface area contributed by atoms with Gasteiger partial charge < -0.3 is 19.5 Å². The van der Waals surface area contributed by atoms with Crippen molar-refractivity contribution in [3.05, 3.63) is 42.6 Å². The maximum Gasteiger partial charge on any atom is 0.212 e. The highest BCUT2D eigenvalue weighted by atomic mass is 127. The van der Waals surface area contributed by atoms with Crippen LogP contribution in [0.5, 0.6) is 5.88 Å². The number of ether oxygens (including phenoxy) is 1. The Morgan fingerprint density at radius 3 is 2.88 bits per heavy atom. The number of methoxy groups -OCH3 is 1. The fourth-order valence-corrected chi connectivity index (χ4v) is 3.24. The zero-order valence-electron chi connectivity index (χ0n) is 15.5. The first-order chi connectivity index (χ1) is 12.2. The van der Waals surface area contributed by atoms with E-state index in [2.05, 4.69) is 36.7 Å². The SMILES string of the molecule is CN=C(NCc1ccc(OC)nc1)N1CCC(C)C(n2ccnc2)C1.I. The van der Waals surface area contributed by atoms with E-state index in [-0.39, 0.29) is 24.0 Å². The van der Waals surface area contributed by atoms with Crippen molar-refractivity contribution in [3.63, 3.8) is 0 Å². The molecule has 1 fully saturated rings. The van der Waals surface area contributed by atoms with Crippen molar-refractivity contribution < 1.29 is 4.74 Å². The van der Waals surface area contributed by atoms with Gasteiger partial charge >= 0.3 is 0 Å². The smallest absolute Gasteiger partial charge is 0.212 e. The molecule has 2 aromatic heterocycles. The standard InChI is InChI=1S/C18H26N6O.HI/c1-14-6-8-23(12-16(14)24-9-7-20-13-24)18(19-2)22-11-15-4-5-17(25-3)21-10-15;/h4-5,7,9-10,13-14,16H,6,8,11-12H2,1-3H3,(H,19,22);1H. The molecule has 2 unspecified atom stereocenters. The van der Waals surface area contributed by atoms with E-state index in [1.165, 1.54) is 0 Å². The average Bonchev–Trinajstić information content (AvgIpc) is 3.18. The number of guanidine groups is 1. The Balaban J connectivity index is 0.00000243. The molecular formula is C18H27IN6O. The molecule has 3 heterocycles. The molecule has 1 aliphatic heterocycles. The van der Waals surface area contributed by atoms with Gasteiger partial charge in [0.15, 0.2) is 5.96 Å². The Hall–Kier alpha value is -1.84. The van der Waals surface area contributed by atoms with Crippen LogP contribution in [0.1, 0.15) is 24.9 Å². The average molecular weight is 470 g/mol.